The fourth-order valence-corrected chi connectivity index (χ4v) is 3.85. The largest absolute Gasteiger partial charge is 0.495 e. The first-order valence-electron chi connectivity index (χ1n) is 7.24. The quantitative estimate of drug-likeness (QED) is 0.851. The topological polar surface area (TPSA) is 26.3 Å². The zero-order valence-corrected chi connectivity index (χ0v) is 13.6. The number of rotatable bonds is 2. The van der Waals surface area contributed by atoms with Gasteiger partial charge in [-0.05, 0) is 30.0 Å². The van der Waals surface area contributed by atoms with Crippen LogP contribution in [0.15, 0.2) is 23.0 Å². The van der Waals surface area contributed by atoms with Crippen LogP contribution in [0.5, 0.6) is 5.75 Å². The molecule has 0 N–H and O–H groups in total. The summed E-state index contributed by atoms with van der Waals surface area (Å²) in [5.74, 6) is 0.129. The summed E-state index contributed by atoms with van der Waals surface area (Å²) in [4.78, 5) is 12.8. The Labute approximate surface area is 131 Å². The van der Waals surface area contributed by atoms with E-state index < -0.39 is 5.82 Å². The molecule has 0 radical (unpaired) electrons. The predicted octanol–water partition coefficient (Wildman–Crippen LogP) is 3.05. The highest BCUT2D eigenvalue weighted by Gasteiger charge is 2.19. The molecule has 0 aliphatic heterocycles. The van der Waals surface area contributed by atoms with Crippen molar-refractivity contribution in [1.29, 1.82) is 0 Å². The summed E-state index contributed by atoms with van der Waals surface area (Å²) in [6.45, 7) is 3.81. The van der Waals surface area contributed by atoms with E-state index in [4.69, 9.17) is 4.74 Å². The Bertz CT molecular complexity index is 952. The van der Waals surface area contributed by atoms with E-state index in [1.807, 2.05) is 32.1 Å². The molecule has 0 atom stereocenters. The lowest BCUT2D eigenvalue weighted by atomic mass is 10.00. The van der Waals surface area contributed by atoms with Gasteiger partial charge in [-0.1, -0.05) is 32.1 Å². The maximum atomic E-state index is 14.9. The van der Waals surface area contributed by atoms with E-state index in [-0.39, 0.29) is 16.7 Å². The highest BCUT2D eigenvalue weighted by atomic mass is 32.1. The van der Waals surface area contributed by atoms with E-state index in [1.54, 1.807) is 19.3 Å². The van der Waals surface area contributed by atoms with E-state index in [9.17, 15) is 9.18 Å². The van der Waals surface area contributed by atoms with Crippen LogP contribution in [0.4, 0.5) is 4.39 Å². The lowest BCUT2D eigenvalue weighted by Crippen LogP contribution is -2.37. The Balaban J connectivity index is 2.59. The van der Waals surface area contributed by atoms with Crippen molar-refractivity contribution in [3.05, 3.63) is 49.6 Å². The smallest absolute Gasteiger partial charge is 0.198 e. The molecule has 1 aliphatic carbocycles. The third-order valence-electron chi connectivity index (χ3n) is 3.84. The molecule has 1 aromatic carbocycles. The third kappa shape index (κ3) is 2.28. The van der Waals surface area contributed by atoms with Crippen LogP contribution in [0.1, 0.15) is 31.7 Å². The summed E-state index contributed by atoms with van der Waals surface area (Å²) in [5, 5.41) is 0.708. The summed E-state index contributed by atoms with van der Waals surface area (Å²) < 4.78 is 21.7. The summed E-state index contributed by atoms with van der Waals surface area (Å²) in [6, 6.07) is 1.71. The first-order chi connectivity index (χ1) is 10.5. The second-order valence-corrected chi connectivity index (χ2v) is 6.64. The fraction of sp³-hybridized carbons (Fsp3) is 0.278. The average molecular weight is 316 g/mol. The van der Waals surface area contributed by atoms with E-state index in [0.717, 1.165) is 11.0 Å². The first kappa shape index (κ1) is 15.0. The second kappa shape index (κ2) is 5.69. The zero-order chi connectivity index (χ0) is 15.9. The number of allylic oxidation sites excluding steroid dienone is 2. The molecule has 2 aromatic rings. The molecule has 1 aromatic heterocycles. The molecule has 1 aliphatic rings. The van der Waals surface area contributed by atoms with Crippen molar-refractivity contribution in [3.8, 4) is 5.75 Å². The normalized spacial score (nSPS) is 13.5. The number of methoxy groups -OCH3 is 1. The summed E-state index contributed by atoms with van der Waals surface area (Å²) >= 11 is 1.41. The average Bonchev–Trinajstić information content (AvgIpc) is 2.73. The molecule has 22 heavy (non-hydrogen) atoms. The van der Waals surface area contributed by atoms with Crippen molar-refractivity contribution in [3.63, 3.8) is 0 Å². The second-order valence-electron chi connectivity index (χ2n) is 5.58. The van der Waals surface area contributed by atoms with Crippen LogP contribution in [-0.4, -0.2) is 7.11 Å². The minimum Gasteiger partial charge on any atom is -0.495 e. The lowest BCUT2D eigenvalue weighted by molar-refractivity contribution is 0.418. The molecule has 0 spiro atoms. The van der Waals surface area contributed by atoms with Crippen LogP contribution in [0.2, 0.25) is 0 Å². The Morgan fingerprint density at radius 3 is 2.82 bits per heavy atom. The van der Waals surface area contributed by atoms with Crippen molar-refractivity contribution in [2.24, 2.45) is 0 Å². The van der Waals surface area contributed by atoms with Crippen molar-refractivity contribution in [2.45, 2.75) is 26.2 Å². The van der Waals surface area contributed by atoms with E-state index in [2.05, 4.69) is 0 Å². The number of halogens is 1. The Morgan fingerprint density at radius 1 is 1.36 bits per heavy atom. The Hall–Kier alpha value is -1.94. The Morgan fingerprint density at radius 2 is 2.14 bits per heavy atom. The molecule has 0 unspecified atom stereocenters. The summed E-state index contributed by atoms with van der Waals surface area (Å²) in [7, 11) is 1.55. The lowest BCUT2D eigenvalue weighted by Gasteiger charge is -2.13. The summed E-state index contributed by atoms with van der Waals surface area (Å²) in [6.07, 6.45) is 8.35. The van der Waals surface area contributed by atoms with Gasteiger partial charge >= 0.3 is 0 Å². The minimum atomic E-state index is -0.420. The number of hydrogen-bond donors (Lipinski definition) is 0. The fourth-order valence-electron chi connectivity index (χ4n) is 2.65. The number of fused-ring (bicyclic) bond motifs is 2. The molecule has 0 saturated carbocycles. The standard InChI is InChI=1S/C18H17FO2S/c1-10(2)12-9-13(21-3)18-15(16(12)19)17(20)11-7-5-4-6-8-14(11)22-18/h4-5,7-10H,6H2,1-3H3. The molecular weight excluding hydrogens is 299 g/mol. The minimum absolute atomic E-state index is 0.0167. The first-order valence-corrected chi connectivity index (χ1v) is 8.06. The molecular formula is C18H17FO2S. The molecule has 0 bridgehead atoms. The van der Waals surface area contributed by atoms with Gasteiger partial charge in [0.1, 0.15) is 11.6 Å². The van der Waals surface area contributed by atoms with Gasteiger partial charge in [-0.2, -0.15) is 0 Å². The maximum Gasteiger partial charge on any atom is 0.198 e. The van der Waals surface area contributed by atoms with Crippen molar-refractivity contribution < 1.29 is 9.13 Å². The number of benzene rings is 1. The molecule has 4 heteroatoms. The van der Waals surface area contributed by atoms with Crippen LogP contribution in [0.25, 0.3) is 22.2 Å². The molecule has 3 rings (SSSR count). The van der Waals surface area contributed by atoms with E-state index in [1.165, 1.54) is 11.3 Å². The van der Waals surface area contributed by atoms with Gasteiger partial charge in [0, 0.05) is 9.75 Å². The van der Waals surface area contributed by atoms with Gasteiger partial charge in [0.2, 0.25) is 0 Å². The third-order valence-corrected chi connectivity index (χ3v) is 5.06. The van der Waals surface area contributed by atoms with Gasteiger partial charge in [-0.3, -0.25) is 4.79 Å². The SMILES string of the molecule is COc1cc(C(C)C)c(F)c2c(=O)c3c(sc12)=CCC=CC=3. The van der Waals surface area contributed by atoms with Gasteiger partial charge in [0.05, 0.1) is 17.2 Å². The van der Waals surface area contributed by atoms with Crippen molar-refractivity contribution >= 4 is 33.6 Å². The molecule has 114 valence electrons. The van der Waals surface area contributed by atoms with Gasteiger partial charge < -0.3 is 4.74 Å². The highest BCUT2D eigenvalue weighted by molar-refractivity contribution is 7.16. The van der Waals surface area contributed by atoms with E-state index >= 15 is 0 Å². The van der Waals surface area contributed by atoms with Crippen LogP contribution in [0.3, 0.4) is 0 Å². The number of ether oxygens (including phenoxy) is 1. The van der Waals surface area contributed by atoms with Crippen molar-refractivity contribution in [1.82, 2.24) is 0 Å². The Kier molecular flexibility index (Phi) is 3.87. The molecule has 0 saturated heterocycles. The summed E-state index contributed by atoms with van der Waals surface area (Å²) in [5.41, 5.74) is 0.256. The zero-order valence-electron chi connectivity index (χ0n) is 12.8. The van der Waals surface area contributed by atoms with E-state index in [0.29, 0.717) is 21.2 Å². The van der Waals surface area contributed by atoms with Crippen LogP contribution in [-0.2, 0) is 0 Å². The highest BCUT2D eigenvalue weighted by Crippen LogP contribution is 2.33. The van der Waals surface area contributed by atoms with Gasteiger partial charge in [-0.25, -0.2) is 4.39 Å². The predicted molar refractivity (Wildman–Crippen MR) is 90.6 cm³/mol. The van der Waals surface area contributed by atoms with Crippen LogP contribution >= 0.6 is 11.3 Å². The monoisotopic (exact) mass is 316 g/mol. The molecule has 0 amide bonds. The molecule has 1 heterocycles. The van der Waals surface area contributed by atoms with Crippen molar-refractivity contribution in [2.75, 3.05) is 7.11 Å². The van der Waals surface area contributed by atoms with Gasteiger partial charge in [0.25, 0.3) is 0 Å². The number of hydrogen-bond acceptors (Lipinski definition) is 3. The van der Waals surface area contributed by atoms with Crippen LogP contribution in [0, 0.1) is 5.82 Å². The van der Waals surface area contributed by atoms with Crippen LogP contribution < -0.4 is 19.9 Å². The molecule has 2 nitrogen and oxygen atoms in total. The maximum absolute atomic E-state index is 14.9. The van der Waals surface area contributed by atoms with Gasteiger partial charge in [-0.15, -0.1) is 11.3 Å². The molecule has 0 fully saturated rings. The van der Waals surface area contributed by atoms with Gasteiger partial charge in [0.15, 0.2) is 5.43 Å².